The molecule has 2 heteroatoms. The van der Waals surface area contributed by atoms with Crippen LogP contribution in [0.1, 0.15) is 39.5 Å². The maximum Gasteiger partial charge on any atom is 0.000216 e. The molecular weight excluding hydrogens is 170 g/mol. The molecule has 0 bridgehead atoms. The van der Waals surface area contributed by atoms with Gasteiger partial charge >= 0.3 is 0 Å². The molecule has 1 N–H and O–H groups in total. The molecule has 1 aliphatic carbocycles. The van der Waals surface area contributed by atoms with E-state index in [4.69, 9.17) is 0 Å². The van der Waals surface area contributed by atoms with Gasteiger partial charge < -0.3 is 5.32 Å². The first-order valence-corrected chi connectivity index (χ1v) is 4.81. The fourth-order valence-electron chi connectivity index (χ4n) is 2.31. The Balaban J connectivity index is 0.00000121. The van der Waals surface area contributed by atoms with Gasteiger partial charge in [-0.2, -0.15) is 0 Å². The lowest BCUT2D eigenvalue weighted by Gasteiger charge is -2.31. The van der Waals surface area contributed by atoms with E-state index >= 15 is 0 Å². The molecule has 0 amide bonds. The van der Waals surface area contributed by atoms with Gasteiger partial charge in [0.25, 0.3) is 0 Å². The standard InChI is InChI=1S/C10H21N.ClH/c1-10(2,8-11-3)9-6-4-5-7-9;/h9,11H,4-8H2,1-3H3;1H. The van der Waals surface area contributed by atoms with Crippen molar-refractivity contribution >= 4 is 12.4 Å². The Morgan fingerprint density at radius 3 is 2.17 bits per heavy atom. The van der Waals surface area contributed by atoms with Crippen LogP contribution in [0.4, 0.5) is 0 Å². The quantitative estimate of drug-likeness (QED) is 0.724. The van der Waals surface area contributed by atoms with E-state index in [9.17, 15) is 0 Å². The summed E-state index contributed by atoms with van der Waals surface area (Å²) >= 11 is 0. The number of hydrogen-bond donors (Lipinski definition) is 1. The van der Waals surface area contributed by atoms with Gasteiger partial charge in [0.1, 0.15) is 0 Å². The minimum atomic E-state index is 0. The second-order valence-electron chi connectivity index (χ2n) is 4.50. The molecule has 1 rings (SSSR count). The highest BCUT2D eigenvalue weighted by molar-refractivity contribution is 5.85. The molecule has 1 saturated carbocycles. The van der Waals surface area contributed by atoms with Crippen molar-refractivity contribution in [3.8, 4) is 0 Å². The third kappa shape index (κ3) is 2.95. The Bertz CT molecular complexity index is 117. The molecule has 74 valence electrons. The lowest BCUT2D eigenvalue weighted by atomic mass is 9.78. The fraction of sp³-hybridized carbons (Fsp3) is 1.00. The topological polar surface area (TPSA) is 12.0 Å². The maximum atomic E-state index is 3.28. The van der Waals surface area contributed by atoms with Crippen LogP contribution in [0.25, 0.3) is 0 Å². The monoisotopic (exact) mass is 191 g/mol. The van der Waals surface area contributed by atoms with Crippen molar-refractivity contribution in [2.45, 2.75) is 39.5 Å². The van der Waals surface area contributed by atoms with Gasteiger partial charge in [-0.05, 0) is 31.2 Å². The number of hydrogen-bond acceptors (Lipinski definition) is 1. The molecular formula is C10H22ClN. The predicted octanol–water partition coefficient (Wildman–Crippen LogP) is 2.84. The SMILES string of the molecule is CNCC(C)(C)C1CCCC1.Cl. The van der Waals surface area contributed by atoms with Crippen molar-refractivity contribution in [2.75, 3.05) is 13.6 Å². The molecule has 1 aliphatic rings. The summed E-state index contributed by atoms with van der Waals surface area (Å²) in [6, 6.07) is 0. The van der Waals surface area contributed by atoms with Crippen LogP contribution in [0.15, 0.2) is 0 Å². The Morgan fingerprint density at radius 2 is 1.75 bits per heavy atom. The van der Waals surface area contributed by atoms with E-state index in [0.717, 1.165) is 12.5 Å². The van der Waals surface area contributed by atoms with Crippen LogP contribution >= 0.6 is 12.4 Å². The van der Waals surface area contributed by atoms with E-state index in [0.29, 0.717) is 5.41 Å². The van der Waals surface area contributed by atoms with E-state index in [1.165, 1.54) is 25.7 Å². The summed E-state index contributed by atoms with van der Waals surface area (Å²) in [5.74, 6) is 0.968. The van der Waals surface area contributed by atoms with Crippen molar-refractivity contribution in [3.05, 3.63) is 0 Å². The molecule has 0 aromatic heterocycles. The Morgan fingerprint density at radius 1 is 1.25 bits per heavy atom. The van der Waals surface area contributed by atoms with E-state index in [1.807, 2.05) is 0 Å². The van der Waals surface area contributed by atoms with Gasteiger partial charge in [-0.3, -0.25) is 0 Å². The minimum absolute atomic E-state index is 0. The average molecular weight is 192 g/mol. The first-order valence-electron chi connectivity index (χ1n) is 4.81. The number of rotatable bonds is 3. The van der Waals surface area contributed by atoms with Crippen LogP contribution in [0.3, 0.4) is 0 Å². The molecule has 1 nitrogen and oxygen atoms in total. The van der Waals surface area contributed by atoms with E-state index in [2.05, 4.69) is 26.2 Å². The summed E-state index contributed by atoms with van der Waals surface area (Å²) in [7, 11) is 2.05. The third-order valence-corrected chi connectivity index (χ3v) is 3.09. The zero-order valence-electron chi connectivity index (χ0n) is 8.52. The minimum Gasteiger partial charge on any atom is -0.319 e. The van der Waals surface area contributed by atoms with Gasteiger partial charge in [-0.25, -0.2) is 0 Å². The first-order chi connectivity index (χ1) is 5.17. The smallest absolute Gasteiger partial charge is 0.000216 e. The molecule has 0 heterocycles. The molecule has 0 aromatic carbocycles. The van der Waals surface area contributed by atoms with Crippen LogP contribution in [0.5, 0.6) is 0 Å². The van der Waals surface area contributed by atoms with Gasteiger partial charge in [0.05, 0.1) is 0 Å². The van der Waals surface area contributed by atoms with Crippen molar-refractivity contribution in [3.63, 3.8) is 0 Å². The molecule has 0 aliphatic heterocycles. The molecule has 0 saturated heterocycles. The van der Waals surface area contributed by atoms with Crippen molar-refractivity contribution in [1.29, 1.82) is 0 Å². The van der Waals surface area contributed by atoms with Gasteiger partial charge in [-0.15, -0.1) is 12.4 Å². The summed E-state index contributed by atoms with van der Waals surface area (Å²) in [6.45, 7) is 5.94. The largest absolute Gasteiger partial charge is 0.319 e. The zero-order chi connectivity index (χ0) is 8.32. The summed E-state index contributed by atoms with van der Waals surface area (Å²) < 4.78 is 0. The van der Waals surface area contributed by atoms with Crippen molar-refractivity contribution < 1.29 is 0 Å². The van der Waals surface area contributed by atoms with Crippen LogP contribution in [0.2, 0.25) is 0 Å². The first kappa shape index (κ1) is 12.2. The molecule has 0 atom stereocenters. The van der Waals surface area contributed by atoms with Crippen LogP contribution in [-0.2, 0) is 0 Å². The van der Waals surface area contributed by atoms with E-state index < -0.39 is 0 Å². The predicted molar refractivity (Wildman–Crippen MR) is 56.9 cm³/mol. The molecule has 0 aromatic rings. The lowest BCUT2D eigenvalue weighted by Crippen LogP contribution is -2.32. The van der Waals surface area contributed by atoms with Crippen molar-refractivity contribution in [1.82, 2.24) is 5.32 Å². The normalized spacial score (nSPS) is 19.2. The average Bonchev–Trinajstić information content (AvgIpc) is 2.37. The van der Waals surface area contributed by atoms with Gasteiger partial charge in [0, 0.05) is 6.54 Å². The number of nitrogens with one attached hydrogen (secondary N) is 1. The Labute approximate surface area is 82.7 Å². The lowest BCUT2D eigenvalue weighted by molar-refractivity contribution is 0.213. The highest BCUT2D eigenvalue weighted by Crippen LogP contribution is 2.38. The van der Waals surface area contributed by atoms with Gasteiger partial charge in [0.15, 0.2) is 0 Å². The second kappa shape index (κ2) is 5.08. The third-order valence-electron chi connectivity index (χ3n) is 3.09. The van der Waals surface area contributed by atoms with Gasteiger partial charge in [-0.1, -0.05) is 26.7 Å². The summed E-state index contributed by atoms with van der Waals surface area (Å²) in [6.07, 6.45) is 5.82. The van der Waals surface area contributed by atoms with Crippen LogP contribution in [0, 0.1) is 11.3 Å². The molecule has 1 fully saturated rings. The summed E-state index contributed by atoms with van der Waals surface area (Å²) in [4.78, 5) is 0. The fourth-order valence-corrected chi connectivity index (χ4v) is 2.31. The second-order valence-corrected chi connectivity index (χ2v) is 4.50. The highest BCUT2D eigenvalue weighted by Gasteiger charge is 2.30. The van der Waals surface area contributed by atoms with Crippen LogP contribution < -0.4 is 5.32 Å². The van der Waals surface area contributed by atoms with E-state index in [1.54, 1.807) is 0 Å². The summed E-state index contributed by atoms with van der Waals surface area (Å²) in [5.41, 5.74) is 0.519. The molecule has 0 spiro atoms. The zero-order valence-corrected chi connectivity index (χ0v) is 9.34. The Hall–Kier alpha value is 0.250. The highest BCUT2D eigenvalue weighted by atomic mass is 35.5. The van der Waals surface area contributed by atoms with Gasteiger partial charge in [0.2, 0.25) is 0 Å². The molecule has 12 heavy (non-hydrogen) atoms. The van der Waals surface area contributed by atoms with E-state index in [-0.39, 0.29) is 12.4 Å². The summed E-state index contributed by atoms with van der Waals surface area (Å²) in [5, 5.41) is 3.28. The van der Waals surface area contributed by atoms with Crippen molar-refractivity contribution in [2.24, 2.45) is 11.3 Å². The molecule has 0 radical (unpaired) electrons. The molecule has 0 unspecified atom stereocenters. The maximum absolute atomic E-state index is 3.28. The number of halogens is 1. The Kier molecular flexibility index (Phi) is 5.19. The van der Waals surface area contributed by atoms with Crippen LogP contribution in [-0.4, -0.2) is 13.6 Å².